The Bertz CT molecular complexity index is 1680. The van der Waals surface area contributed by atoms with Crippen molar-refractivity contribution in [3.05, 3.63) is 107 Å². The molecule has 8 heteroatoms. The number of thiazole rings is 1. The number of methoxy groups -OCH3 is 1. The van der Waals surface area contributed by atoms with Crippen LogP contribution in [0.25, 0.3) is 20.8 Å². The van der Waals surface area contributed by atoms with E-state index < -0.39 is 11.9 Å². The maximum atomic E-state index is 12.9. The number of carbonyl (C=O) groups excluding carboxylic acids is 2. The normalized spacial score (nSPS) is 10.6. The van der Waals surface area contributed by atoms with Crippen LogP contribution in [0.1, 0.15) is 31.8 Å². The Morgan fingerprint density at radius 1 is 0.789 bits per heavy atom. The van der Waals surface area contributed by atoms with Crippen LogP contribution in [-0.2, 0) is 0 Å². The van der Waals surface area contributed by atoms with Crippen LogP contribution in [0, 0.1) is 18.3 Å². The summed E-state index contributed by atoms with van der Waals surface area (Å²) >= 11 is 1.29. The molecule has 0 aliphatic rings. The van der Waals surface area contributed by atoms with Gasteiger partial charge in [-0.1, -0.05) is 29.8 Å². The first-order chi connectivity index (χ1) is 18.4. The minimum absolute atomic E-state index is 0.242. The van der Waals surface area contributed by atoms with Crippen LogP contribution in [0.2, 0.25) is 0 Å². The molecule has 0 aliphatic carbocycles. The summed E-state index contributed by atoms with van der Waals surface area (Å²) in [6.07, 6.45) is 0. The monoisotopic (exact) mass is 520 g/mol. The molecule has 0 radical (unpaired) electrons. The minimum atomic E-state index is -0.549. The van der Waals surface area contributed by atoms with E-state index in [0.29, 0.717) is 37.7 Å². The average Bonchev–Trinajstić information content (AvgIpc) is 3.41. The van der Waals surface area contributed by atoms with Gasteiger partial charge < -0.3 is 14.2 Å². The summed E-state index contributed by atoms with van der Waals surface area (Å²) in [7, 11) is 1.55. The van der Waals surface area contributed by atoms with Gasteiger partial charge in [0.25, 0.3) is 0 Å². The molecule has 0 bridgehead atoms. The number of benzene rings is 4. The highest BCUT2D eigenvalue weighted by Crippen LogP contribution is 2.41. The number of hydrogen-bond donors (Lipinski definition) is 0. The molecule has 0 fully saturated rings. The predicted molar refractivity (Wildman–Crippen MR) is 144 cm³/mol. The zero-order chi connectivity index (χ0) is 26.6. The van der Waals surface area contributed by atoms with E-state index >= 15 is 0 Å². The fourth-order valence-corrected chi connectivity index (χ4v) is 4.71. The van der Waals surface area contributed by atoms with Gasteiger partial charge in [0.05, 0.1) is 29.9 Å². The molecule has 0 aliphatic heterocycles. The lowest BCUT2D eigenvalue weighted by Gasteiger charge is -2.09. The van der Waals surface area contributed by atoms with Crippen LogP contribution >= 0.6 is 11.3 Å². The number of nitriles is 1. The largest absolute Gasteiger partial charge is 0.497 e. The summed E-state index contributed by atoms with van der Waals surface area (Å²) in [4.78, 5) is 30.4. The van der Waals surface area contributed by atoms with E-state index in [1.54, 1.807) is 79.9 Å². The lowest BCUT2D eigenvalue weighted by atomic mass is 10.1. The fourth-order valence-electron chi connectivity index (χ4n) is 3.67. The first-order valence-electron chi connectivity index (χ1n) is 11.5. The number of esters is 2. The molecule has 0 N–H and O–H groups in total. The lowest BCUT2D eigenvalue weighted by molar-refractivity contribution is 0.0723. The van der Waals surface area contributed by atoms with Gasteiger partial charge in [-0.2, -0.15) is 5.26 Å². The number of hydrogen-bond acceptors (Lipinski definition) is 8. The van der Waals surface area contributed by atoms with Crippen LogP contribution in [0.15, 0.2) is 84.9 Å². The Balaban J connectivity index is 1.53. The van der Waals surface area contributed by atoms with Crippen molar-refractivity contribution in [3.8, 4) is 33.9 Å². The van der Waals surface area contributed by atoms with Gasteiger partial charge in [-0.25, -0.2) is 14.6 Å². The van der Waals surface area contributed by atoms with E-state index in [4.69, 9.17) is 24.5 Å². The highest BCUT2D eigenvalue weighted by Gasteiger charge is 2.20. The minimum Gasteiger partial charge on any atom is -0.497 e. The summed E-state index contributed by atoms with van der Waals surface area (Å²) in [5.74, 6) is 0.0754. The van der Waals surface area contributed by atoms with E-state index in [1.165, 1.54) is 11.3 Å². The molecular formula is C30H20N2O5S. The standard InChI is InChI=1S/C30H20N2O5S/c1-18-3-7-21(8-4-18)29(33)36-24-15-16-25(37-30(34)22-11-13-23(35-2)14-12-22)27-26(24)32-28(38-27)20-9-5-19(17-31)6-10-20/h3-16H,1-2H3. The molecule has 1 aromatic heterocycles. The van der Waals surface area contributed by atoms with E-state index in [2.05, 4.69) is 6.07 Å². The summed E-state index contributed by atoms with van der Waals surface area (Å²) in [5, 5.41) is 9.74. The summed E-state index contributed by atoms with van der Waals surface area (Å²) in [5.41, 5.74) is 3.46. The number of aryl methyl sites for hydroxylation is 1. The molecule has 38 heavy (non-hydrogen) atoms. The van der Waals surface area contributed by atoms with Crippen molar-refractivity contribution in [2.75, 3.05) is 7.11 Å². The Labute approximate surface area is 222 Å². The Hall–Kier alpha value is -5.00. The smallest absolute Gasteiger partial charge is 0.343 e. The molecule has 186 valence electrons. The van der Waals surface area contributed by atoms with Gasteiger partial charge in [-0.15, -0.1) is 11.3 Å². The van der Waals surface area contributed by atoms with Gasteiger partial charge in [-0.3, -0.25) is 0 Å². The van der Waals surface area contributed by atoms with Crippen molar-refractivity contribution in [2.24, 2.45) is 0 Å². The Kier molecular flexibility index (Phi) is 6.85. The molecule has 0 spiro atoms. The molecule has 7 nitrogen and oxygen atoms in total. The molecule has 5 aromatic rings. The lowest BCUT2D eigenvalue weighted by Crippen LogP contribution is -2.10. The van der Waals surface area contributed by atoms with E-state index in [1.807, 2.05) is 19.1 Å². The van der Waals surface area contributed by atoms with Gasteiger partial charge in [-0.05, 0) is 67.6 Å². The van der Waals surface area contributed by atoms with Crippen LogP contribution in [0.3, 0.4) is 0 Å². The second-order valence-electron chi connectivity index (χ2n) is 8.32. The van der Waals surface area contributed by atoms with Crippen molar-refractivity contribution < 1.29 is 23.8 Å². The third-order valence-corrected chi connectivity index (χ3v) is 6.87. The third kappa shape index (κ3) is 5.09. The molecule has 0 unspecified atom stereocenters. The molecule has 5 rings (SSSR count). The predicted octanol–water partition coefficient (Wildman–Crippen LogP) is 6.59. The zero-order valence-corrected chi connectivity index (χ0v) is 21.2. The van der Waals surface area contributed by atoms with Crippen molar-refractivity contribution >= 4 is 33.5 Å². The third-order valence-electron chi connectivity index (χ3n) is 5.75. The quantitative estimate of drug-likeness (QED) is 0.184. The van der Waals surface area contributed by atoms with Gasteiger partial charge >= 0.3 is 11.9 Å². The molecule has 1 heterocycles. The number of fused-ring (bicyclic) bond motifs is 1. The second kappa shape index (κ2) is 10.5. The van der Waals surface area contributed by atoms with Crippen molar-refractivity contribution in [1.29, 1.82) is 5.26 Å². The number of carbonyl (C=O) groups is 2. The van der Waals surface area contributed by atoms with Gasteiger partial charge in [0.1, 0.15) is 21.0 Å². The van der Waals surface area contributed by atoms with Crippen molar-refractivity contribution in [1.82, 2.24) is 4.98 Å². The van der Waals surface area contributed by atoms with Crippen LogP contribution in [-0.4, -0.2) is 24.0 Å². The number of rotatable bonds is 6. The SMILES string of the molecule is COc1ccc(C(=O)Oc2ccc(OC(=O)c3ccc(C)cc3)c3nc(-c4ccc(C#N)cc4)sc23)cc1. The highest BCUT2D eigenvalue weighted by atomic mass is 32.1. The number of ether oxygens (including phenoxy) is 3. The molecule has 0 saturated heterocycles. The maximum Gasteiger partial charge on any atom is 0.343 e. The molecule has 4 aromatic carbocycles. The second-order valence-corrected chi connectivity index (χ2v) is 9.32. The first kappa shape index (κ1) is 24.7. The van der Waals surface area contributed by atoms with E-state index in [0.717, 1.165) is 11.1 Å². The zero-order valence-electron chi connectivity index (χ0n) is 20.4. The Morgan fingerprint density at radius 2 is 1.37 bits per heavy atom. The van der Waals surface area contributed by atoms with Gasteiger partial charge in [0, 0.05) is 5.56 Å². The first-order valence-corrected chi connectivity index (χ1v) is 12.4. The fraction of sp³-hybridized carbons (Fsp3) is 0.0667. The highest BCUT2D eigenvalue weighted by molar-refractivity contribution is 7.22. The van der Waals surface area contributed by atoms with Crippen LogP contribution in [0.4, 0.5) is 0 Å². The van der Waals surface area contributed by atoms with Crippen LogP contribution in [0.5, 0.6) is 17.2 Å². The van der Waals surface area contributed by atoms with Crippen LogP contribution < -0.4 is 14.2 Å². The van der Waals surface area contributed by atoms with Gasteiger partial charge in [0.15, 0.2) is 11.5 Å². The van der Waals surface area contributed by atoms with Crippen molar-refractivity contribution in [3.63, 3.8) is 0 Å². The van der Waals surface area contributed by atoms with E-state index in [-0.39, 0.29) is 11.5 Å². The molecule has 0 saturated carbocycles. The number of aromatic nitrogens is 1. The van der Waals surface area contributed by atoms with Crippen molar-refractivity contribution in [2.45, 2.75) is 6.92 Å². The summed E-state index contributed by atoms with van der Waals surface area (Å²) in [6, 6.07) is 25.9. The summed E-state index contributed by atoms with van der Waals surface area (Å²) in [6.45, 7) is 1.94. The molecule has 0 amide bonds. The van der Waals surface area contributed by atoms with Gasteiger partial charge in [0.2, 0.25) is 0 Å². The molecule has 0 atom stereocenters. The average molecular weight is 521 g/mol. The maximum absolute atomic E-state index is 12.9. The number of nitrogens with zero attached hydrogens (tertiary/aromatic N) is 2. The molecular weight excluding hydrogens is 500 g/mol. The summed E-state index contributed by atoms with van der Waals surface area (Å²) < 4.78 is 17.1. The topological polar surface area (TPSA) is 98.5 Å². The van der Waals surface area contributed by atoms with E-state index in [9.17, 15) is 9.59 Å². The Morgan fingerprint density at radius 3 is 1.97 bits per heavy atom.